The van der Waals surface area contributed by atoms with Crippen LogP contribution >= 0.6 is 0 Å². The predicted octanol–water partition coefficient (Wildman–Crippen LogP) is 2.74. The zero-order valence-electron chi connectivity index (χ0n) is 8.68. The quantitative estimate of drug-likeness (QED) is 0.521. The summed E-state index contributed by atoms with van der Waals surface area (Å²) >= 11 is 0. The van der Waals surface area contributed by atoms with Crippen molar-refractivity contribution in [1.29, 1.82) is 0 Å². The molecule has 1 heterocycles. The molecule has 9 heteroatoms. The number of carboxylic acids is 1. The molecule has 19 heavy (non-hydrogen) atoms. The van der Waals surface area contributed by atoms with E-state index in [1.165, 1.54) is 0 Å². The van der Waals surface area contributed by atoms with Gasteiger partial charge in [-0.1, -0.05) is 5.16 Å². The van der Waals surface area contributed by atoms with Crippen LogP contribution in [0.2, 0.25) is 0 Å². The highest BCUT2D eigenvalue weighted by atomic mass is 19.2. The third kappa shape index (κ3) is 1.92. The Bertz CT molecular complexity index is 653. The third-order valence-electron chi connectivity index (χ3n) is 2.19. The normalized spacial score (nSPS) is 10.8. The summed E-state index contributed by atoms with van der Waals surface area (Å²) in [4.78, 5) is 10.5. The number of carbonyl (C=O) groups is 1. The van der Waals surface area contributed by atoms with Gasteiger partial charge in [0.25, 0.3) is 0 Å². The Kier molecular flexibility index (Phi) is 2.97. The summed E-state index contributed by atoms with van der Waals surface area (Å²) in [7, 11) is 0. The molecule has 0 bridgehead atoms. The monoisotopic (exact) mass is 279 g/mol. The van der Waals surface area contributed by atoms with E-state index in [-0.39, 0.29) is 0 Å². The van der Waals surface area contributed by atoms with Gasteiger partial charge in [-0.3, -0.25) is 0 Å². The lowest BCUT2D eigenvalue weighted by Gasteiger charge is -2.04. The molecular formula is C10H2F5NO3. The topological polar surface area (TPSA) is 63.3 Å². The van der Waals surface area contributed by atoms with E-state index < -0.39 is 52.1 Å². The molecule has 0 radical (unpaired) electrons. The molecule has 0 fully saturated rings. The average molecular weight is 279 g/mol. The van der Waals surface area contributed by atoms with Crippen molar-refractivity contribution in [2.45, 2.75) is 0 Å². The molecule has 0 atom stereocenters. The van der Waals surface area contributed by atoms with Gasteiger partial charge in [-0.15, -0.1) is 0 Å². The zero-order chi connectivity index (χ0) is 14.3. The van der Waals surface area contributed by atoms with Crippen molar-refractivity contribution in [3.05, 3.63) is 40.9 Å². The van der Waals surface area contributed by atoms with Gasteiger partial charge in [0.2, 0.25) is 11.6 Å². The number of hydrogen-bond acceptors (Lipinski definition) is 3. The summed E-state index contributed by atoms with van der Waals surface area (Å²) in [6, 6.07) is 0.542. The second kappa shape index (κ2) is 4.34. The van der Waals surface area contributed by atoms with E-state index in [4.69, 9.17) is 5.11 Å². The van der Waals surface area contributed by atoms with Gasteiger partial charge in [-0.05, 0) is 0 Å². The van der Waals surface area contributed by atoms with Gasteiger partial charge in [0.05, 0.1) is 5.56 Å². The van der Waals surface area contributed by atoms with Crippen LogP contribution in [0, 0.1) is 29.1 Å². The molecule has 0 saturated heterocycles. The summed E-state index contributed by atoms with van der Waals surface area (Å²) < 4.78 is 69.5. The van der Waals surface area contributed by atoms with Gasteiger partial charge in [0.15, 0.2) is 23.3 Å². The molecule has 0 aliphatic carbocycles. The molecule has 1 aromatic carbocycles. The van der Waals surface area contributed by atoms with E-state index in [2.05, 4.69) is 9.68 Å². The Labute approximate surface area is 101 Å². The van der Waals surface area contributed by atoms with Gasteiger partial charge in [-0.2, -0.15) is 0 Å². The number of carboxylic acid groups (broad SMARTS) is 1. The number of rotatable bonds is 2. The number of aromatic carboxylic acids is 1. The molecule has 0 saturated carbocycles. The number of benzene rings is 1. The fourth-order valence-corrected chi connectivity index (χ4v) is 1.32. The smallest absolute Gasteiger partial charge is 0.374 e. The molecule has 2 rings (SSSR count). The molecule has 2 aromatic rings. The van der Waals surface area contributed by atoms with Crippen molar-refractivity contribution >= 4 is 5.97 Å². The van der Waals surface area contributed by atoms with Crippen molar-refractivity contribution in [2.24, 2.45) is 0 Å². The second-order valence-electron chi connectivity index (χ2n) is 3.33. The summed E-state index contributed by atoms with van der Waals surface area (Å²) in [5.41, 5.74) is -2.17. The minimum Gasteiger partial charge on any atom is -0.475 e. The maximum Gasteiger partial charge on any atom is 0.374 e. The number of nitrogens with zero attached hydrogens (tertiary/aromatic N) is 1. The van der Waals surface area contributed by atoms with Crippen molar-refractivity contribution in [2.75, 3.05) is 0 Å². The fraction of sp³-hybridized carbons (Fsp3) is 0. The largest absolute Gasteiger partial charge is 0.475 e. The van der Waals surface area contributed by atoms with Crippen LogP contribution in [-0.2, 0) is 0 Å². The standard InChI is InChI=1S/C10H2F5NO3/c11-5-4(2-1-3(10(17)18)19-16-2)6(12)8(14)9(15)7(5)13/h1H,(H,17,18). The Morgan fingerprint density at radius 2 is 1.47 bits per heavy atom. The van der Waals surface area contributed by atoms with Crippen molar-refractivity contribution < 1.29 is 36.4 Å². The van der Waals surface area contributed by atoms with Gasteiger partial charge in [0, 0.05) is 6.07 Å². The van der Waals surface area contributed by atoms with Crippen LogP contribution in [0.15, 0.2) is 10.6 Å². The minimum absolute atomic E-state index is 0.542. The van der Waals surface area contributed by atoms with Crippen molar-refractivity contribution in [3.63, 3.8) is 0 Å². The summed E-state index contributed by atoms with van der Waals surface area (Å²) in [6.07, 6.45) is 0. The average Bonchev–Trinajstić information content (AvgIpc) is 2.84. The number of hydrogen-bond donors (Lipinski definition) is 1. The van der Waals surface area contributed by atoms with Crippen LogP contribution in [0.25, 0.3) is 11.3 Å². The first-order valence-corrected chi connectivity index (χ1v) is 4.56. The maximum atomic E-state index is 13.3. The third-order valence-corrected chi connectivity index (χ3v) is 2.19. The first-order chi connectivity index (χ1) is 8.84. The van der Waals surface area contributed by atoms with Gasteiger partial charge in [-0.25, -0.2) is 26.7 Å². The van der Waals surface area contributed by atoms with E-state index in [1.54, 1.807) is 0 Å². The molecule has 1 aromatic heterocycles. The second-order valence-corrected chi connectivity index (χ2v) is 3.33. The van der Waals surface area contributed by atoms with Crippen molar-refractivity contribution in [1.82, 2.24) is 5.16 Å². The minimum atomic E-state index is -2.32. The lowest BCUT2D eigenvalue weighted by atomic mass is 10.1. The van der Waals surface area contributed by atoms with Crippen LogP contribution in [0.5, 0.6) is 0 Å². The lowest BCUT2D eigenvalue weighted by Crippen LogP contribution is -2.04. The molecule has 100 valence electrons. The van der Waals surface area contributed by atoms with Crippen LogP contribution in [0.1, 0.15) is 10.6 Å². The van der Waals surface area contributed by atoms with E-state index in [1.807, 2.05) is 0 Å². The fourth-order valence-electron chi connectivity index (χ4n) is 1.32. The van der Waals surface area contributed by atoms with Gasteiger partial charge < -0.3 is 9.63 Å². The molecule has 0 aliphatic heterocycles. The van der Waals surface area contributed by atoms with Crippen LogP contribution in [0.4, 0.5) is 22.0 Å². The van der Waals surface area contributed by atoms with E-state index >= 15 is 0 Å². The van der Waals surface area contributed by atoms with Crippen LogP contribution in [0.3, 0.4) is 0 Å². The highest BCUT2D eigenvalue weighted by Crippen LogP contribution is 2.31. The van der Waals surface area contributed by atoms with Crippen LogP contribution in [-0.4, -0.2) is 16.2 Å². The van der Waals surface area contributed by atoms with Gasteiger partial charge >= 0.3 is 5.97 Å². The predicted molar refractivity (Wildman–Crippen MR) is 48.7 cm³/mol. The van der Waals surface area contributed by atoms with E-state index in [9.17, 15) is 26.7 Å². The molecule has 0 aliphatic rings. The highest BCUT2D eigenvalue weighted by molar-refractivity contribution is 5.85. The first-order valence-electron chi connectivity index (χ1n) is 4.56. The summed E-state index contributed by atoms with van der Waals surface area (Å²) in [5.74, 6) is -13.3. The number of aromatic nitrogens is 1. The lowest BCUT2D eigenvalue weighted by molar-refractivity contribution is 0.0652. The van der Waals surface area contributed by atoms with Crippen LogP contribution < -0.4 is 0 Å². The first kappa shape index (κ1) is 13.0. The van der Waals surface area contributed by atoms with Crippen molar-refractivity contribution in [3.8, 4) is 11.3 Å². The summed E-state index contributed by atoms with van der Waals surface area (Å²) in [5, 5.41) is 11.5. The Balaban J connectivity index is 2.71. The van der Waals surface area contributed by atoms with E-state index in [0.717, 1.165) is 0 Å². The Morgan fingerprint density at radius 3 is 1.89 bits per heavy atom. The molecular weight excluding hydrogens is 277 g/mol. The molecule has 1 N–H and O–H groups in total. The highest BCUT2D eigenvalue weighted by Gasteiger charge is 2.28. The Hall–Kier alpha value is -2.45. The number of halogens is 5. The zero-order valence-corrected chi connectivity index (χ0v) is 8.68. The molecule has 0 unspecified atom stereocenters. The van der Waals surface area contributed by atoms with E-state index in [0.29, 0.717) is 6.07 Å². The molecule has 0 amide bonds. The Morgan fingerprint density at radius 1 is 1.00 bits per heavy atom. The summed E-state index contributed by atoms with van der Waals surface area (Å²) in [6.45, 7) is 0. The maximum absolute atomic E-state index is 13.3. The molecule has 0 spiro atoms. The SMILES string of the molecule is O=C(O)c1cc(-c2c(F)c(F)c(F)c(F)c2F)no1. The molecule has 4 nitrogen and oxygen atoms in total. The van der Waals surface area contributed by atoms with Gasteiger partial charge in [0.1, 0.15) is 5.69 Å².